The van der Waals surface area contributed by atoms with Gasteiger partial charge in [-0.25, -0.2) is 0 Å². The van der Waals surface area contributed by atoms with Crippen LogP contribution in [0.4, 0.5) is 13.2 Å². The van der Waals surface area contributed by atoms with Crippen LogP contribution in [0.15, 0.2) is 47.7 Å². The van der Waals surface area contributed by atoms with Crippen LogP contribution in [-0.2, 0) is 12.6 Å². The number of halogens is 3. The average molecular weight is 378 g/mol. The van der Waals surface area contributed by atoms with Gasteiger partial charge >= 0.3 is 6.18 Å². The van der Waals surface area contributed by atoms with Gasteiger partial charge in [-0.05, 0) is 62.1 Å². The number of benzene rings is 1. The van der Waals surface area contributed by atoms with Crippen molar-refractivity contribution < 1.29 is 13.2 Å². The molecule has 0 aliphatic rings. The molecule has 0 bridgehead atoms. The summed E-state index contributed by atoms with van der Waals surface area (Å²) in [6.45, 7) is 6.99. The van der Waals surface area contributed by atoms with Crippen molar-refractivity contribution in [3.05, 3.63) is 65.0 Å². The molecular weight excluding hydrogens is 353 g/mol. The summed E-state index contributed by atoms with van der Waals surface area (Å²) in [6, 6.07) is 7.00. The molecule has 1 heterocycles. The van der Waals surface area contributed by atoms with Gasteiger partial charge < -0.3 is 10.6 Å². The smallest absolute Gasteiger partial charge is 0.357 e. The van der Waals surface area contributed by atoms with E-state index in [4.69, 9.17) is 0 Å². The molecule has 4 nitrogen and oxygen atoms in total. The van der Waals surface area contributed by atoms with Crippen LogP contribution in [0.2, 0.25) is 0 Å². The summed E-state index contributed by atoms with van der Waals surface area (Å²) in [4.78, 5) is 8.61. The van der Waals surface area contributed by atoms with Gasteiger partial charge in [0.2, 0.25) is 0 Å². The van der Waals surface area contributed by atoms with Gasteiger partial charge in [0, 0.05) is 25.5 Å². The summed E-state index contributed by atoms with van der Waals surface area (Å²) in [5, 5.41) is 6.31. The molecule has 1 unspecified atom stereocenters. The number of hydrogen-bond donors (Lipinski definition) is 2. The van der Waals surface area contributed by atoms with Gasteiger partial charge in [-0.3, -0.25) is 9.98 Å². The lowest BCUT2D eigenvalue weighted by molar-refractivity contribution is -0.137. The van der Waals surface area contributed by atoms with Crippen molar-refractivity contribution in [1.29, 1.82) is 0 Å². The zero-order valence-electron chi connectivity index (χ0n) is 15.8. The molecule has 146 valence electrons. The minimum Gasteiger partial charge on any atom is -0.357 e. The molecule has 2 rings (SSSR count). The standard InChI is InChI=1S/C20H25F3N4/c1-4-25-19(26-11-9-16-8-10-24-13-14(16)2)27-15(3)17-6-5-7-18(12-17)20(21,22)23/h5-8,10,12-13,15H,4,9,11H2,1-3H3,(H2,25,26,27). The van der Waals surface area contributed by atoms with E-state index in [2.05, 4.69) is 20.6 Å². The zero-order valence-corrected chi connectivity index (χ0v) is 15.8. The van der Waals surface area contributed by atoms with Gasteiger partial charge in [0.05, 0.1) is 11.6 Å². The molecule has 0 spiro atoms. The Balaban J connectivity index is 2.05. The molecule has 0 saturated carbocycles. The predicted molar refractivity (Wildman–Crippen MR) is 102 cm³/mol. The Hall–Kier alpha value is -2.57. The minimum atomic E-state index is -4.35. The molecule has 27 heavy (non-hydrogen) atoms. The number of rotatable bonds is 6. The lowest BCUT2D eigenvalue weighted by atomic mass is 10.1. The number of aromatic nitrogens is 1. The summed E-state index contributed by atoms with van der Waals surface area (Å²) in [6.07, 6.45) is -0.0109. The highest BCUT2D eigenvalue weighted by atomic mass is 19.4. The van der Waals surface area contributed by atoms with Crippen LogP contribution < -0.4 is 10.6 Å². The van der Waals surface area contributed by atoms with E-state index in [-0.39, 0.29) is 6.04 Å². The fraction of sp³-hybridized carbons (Fsp3) is 0.400. The van der Waals surface area contributed by atoms with E-state index in [0.717, 1.165) is 18.1 Å². The molecule has 0 saturated heterocycles. The molecule has 0 aliphatic heterocycles. The lowest BCUT2D eigenvalue weighted by Crippen LogP contribution is -2.39. The van der Waals surface area contributed by atoms with Crippen molar-refractivity contribution in [2.45, 2.75) is 39.4 Å². The minimum absolute atomic E-state index is 0.312. The molecule has 0 amide bonds. The first kappa shape index (κ1) is 20.7. The van der Waals surface area contributed by atoms with Crippen LogP contribution >= 0.6 is 0 Å². The number of guanidine groups is 1. The second kappa shape index (κ2) is 9.39. The maximum atomic E-state index is 12.9. The lowest BCUT2D eigenvalue weighted by Gasteiger charge is -2.19. The van der Waals surface area contributed by atoms with Crippen LogP contribution in [0.3, 0.4) is 0 Å². The van der Waals surface area contributed by atoms with Gasteiger partial charge in [0.1, 0.15) is 0 Å². The molecule has 0 radical (unpaired) electrons. The van der Waals surface area contributed by atoms with Crippen molar-refractivity contribution in [2.75, 3.05) is 13.1 Å². The Kier molecular flexibility index (Phi) is 7.21. The van der Waals surface area contributed by atoms with E-state index >= 15 is 0 Å². The van der Waals surface area contributed by atoms with Gasteiger partial charge in [0.15, 0.2) is 5.96 Å². The normalized spacial score (nSPS) is 13.3. The van der Waals surface area contributed by atoms with Gasteiger partial charge in [-0.15, -0.1) is 0 Å². The summed E-state index contributed by atoms with van der Waals surface area (Å²) >= 11 is 0. The summed E-state index contributed by atoms with van der Waals surface area (Å²) in [5.41, 5.74) is 2.20. The number of alkyl halides is 3. The first-order valence-electron chi connectivity index (χ1n) is 8.92. The quantitative estimate of drug-likeness (QED) is 0.583. The Bertz CT molecular complexity index is 772. The van der Waals surface area contributed by atoms with Gasteiger partial charge in [-0.1, -0.05) is 12.1 Å². The van der Waals surface area contributed by atoms with E-state index in [0.29, 0.717) is 24.6 Å². The summed E-state index contributed by atoms with van der Waals surface area (Å²) < 4.78 is 38.7. The molecule has 1 aromatic carbocycles. The second-order valence-corrected chi connectivity index (χ2v) is 6.30. The fourth-order valence-corrected chi connectivity index (χ4v) is 2.66. The Morgan fingerprint density at radius 1 is 1.26 bits per heavy atom. The van der Waals surface area contributed by atoms with Gasteiger partial charge in [-0.2, -0.15) is 13.2 Å². The maximum Gasteiger partial charge on any atom is 0.416 e. The number of nitrogens with zero attached hydrogens (tertiary/aromatic N) is 2. The van der Waals surface area contributed by atoms with E-state index < -0.39 is 11.7 Å². The zero-order chi connectivity index (χ0) is 19.9. The average Bonchev–Trinajstić information content (AvgIpc) is 2.63. The Labute approximate surface area is 157 Å². The Morgan fingerprint density at radius 2 is 2.04 bits per heavy atom. The van der Waals surface area contributed by atoms with Crippen LogP contribution in [0, 0.1) is 6.92 Å². The summed E-state index contributed by atoms with van der Waals surface area (Å²) in [5.74, 6) is 0.578. The SMILES string of the molecule is CCNC(=NCCc1ccncc1C)NC(C)c1cccc(C(F)(F)F)c1. The number of hydrogen-bond acceptors (Lipinski definition) is 2. The third-order valence-corrected chi connectivity index (χ3v) is 4.20. The van der Waals surface area contributed by atoms with E-state index in [1.807, 2.05) is 33.0 Å². The maximum absolute atomic E-state index is 12.9. The topological polar surface area (TPSA) is 49.3 Å². The van der Waals surface area contributed by atoms with Crippen molar-refractivity contribution >= 4 is 5.96 Å². The highest BCUT2D eigenvalue weighted by molar-refractivity contribution is 5.80. The number of nitrogens with one attached hydrogen (secondary N) is 2. The van der Waals surface area contributed by atoms with Crippen molar-refractivity contribution in [3.8, 4) is 0 Å². The van der Waals surface area contributed by atoms with Crippen LogP contribution in [0.1, 0.15) is 42.1 Å². The molecule has 1 aromatic heterocycles. The van der Waals surface area contributed by atoms with E-state index in [1.54, 1.807) is 12.3 Å². The van der Waals surface area contributed by atoms with Crippen LogP contribution in [0.25, 0.3) is 0 Å². The van der Waals surface area contributed by atoms with Gasteiger partial charge in [0.25, 0.3) is 0 Å². The van der Waals surface area contributed by atoms with E-state index in [9.17, 15) is 13.2 Å². The highest BCUT2D eigenvalue weighted by Crippen LogP contribution is 2.30. The second-order valence-electron chi connectivity index (χ2n) is 6.30. The third-order valence-electron chi connectivity index (χ3n) is 4.20. The predicted octanol–water partition coefficient (Wildman–Crippen LogP) is 4.27. The molecule has 0 fully saturated rings. The van der Waals surface area contributed by atoms with E-state index in [1.165, 1.54) is 17.7 Å². The number of pyridine rings is 1. The van der Waals surface area contributed by atoms with Crippen molar-refractivity contribution in [2.24, 2.45) is 4.99 Å². The third kappa shape index (κ3) is 6.27. The first-order valence-corrected chi connectivity index (χ1v) is 8.92. The molecule has 7 heteroatoms. The molecule has 0 aliphatic carbocycles. The number of aryl methyl sites for hydroxylation is 1. The molecule has 2 N–H and O–H groups in total. The molecule has 2 aromatic rings. The van der Waals surface area contributed by atoms with Crippen LogP contribution in [0.5, 0.6) is 0 Å². The highest BCUT2D eigenvalue weighted by Gasteiger charge is 2.30. The summed E-state index contributed by atoms with van der Waals surface area (Å²) in [7, 11) is 0. The largest absolute Gasteiger partial charge is 0.416 e. The monoisotopic (exact) mass is 378 g/mol. The van der Waals surface area contributed by atoms with Crippen LogP contribution in [-0.4, -0.2) is 24.0 Å². The molecular formula is C20H25F3N4. The van der Waals surface area contributed by atoms with Crippen molar-refractivity contribution in [1.82, 2.24) is 15.6 Å². The fourth-order valence-electron chi connectivity index (χ4n) is 2.66. The Morgan fingerprint density at radius 3 is 2.70 bits per heavy atom. The molecule has 1 atom stereocenters. The number of aliphatic imine (C=N–C) groups is 1. The van der Waals surface area contributed by atoms with Crippen molar-refractivity contribution in [3.63, 3.8) is 0 Å². The first-order chi connectivity index (χ1) is 12.8.